The Bertz CT molecular complexity index is 1120. The summed E-state index contributed by atoms with van der Waals surface area (Å²) >= 11 is 0. The Morgan fingerprint density at radius 2 is 1.34 bits per heavy atom. The summed E-state index contributed by atoms with van der Waals surface area (Å²) in [6, 6.07) is 24.5. The lowest BCUT2D eigenvalue weighted by Crippen LogP contribution is -2.54. The van der Waals surface area contributed by atoms with E-state index in [9.17, 15) is 19.5 Å². The minimum absolute atomic E-state index is 0.0653. The molecule has 0 bridgehead atoms. The summed E-state index contributed by atoms with van der Waals surface area (Å²) in [7, 11) is 0. The summed E-state index contributed by atoms with van der Waals surface area (Å²) in [5.74, 6) is -2.01. The number of aliphatic carboxylic acids is 1. The Labute approximate surface area is 205 Å². The van der Waals surface area contributed by atoms with E-state index in [1.807, 2.05) is 84.9 Å². The number of rotatable bonds is 10. The zero-order chi connectivity index (χ0) is 25.2. The molecule has 3 rings (SSSR count). The molecule has 3 aromatic rings. The van der Waals surface area contributed by atoms with Crippen LogP contribution in [0.1, 0.15) is 25.0 Å². The summed E-state index contributed by atoms with van der Waals surface area (Å²) in [5.41, 5.74) is 3.67. The van der Waals surface area contributed by atoms with Crippen LogP contribution >= 0.6 is 0 Å². The number of ether oxygens (including phenoxy) is 1. The maximum absolute atomic E-state index is 12.9. The van der Waals surface area contributed by atoms with E-state index in [0.29, 0.717) is 0 Å². The second-order valence-corrected chi connectivity index (χ2v) is 8.59. The maximum atomic E-state index is 12.9. The highest BCUT2D eigenvalue weighted by Crippen LogP contribution is 2.20. The molecular formula is C28H30N2O5. The van der Waals surface area contributed by atoms with Crippen molar-refractivity contribution in [2.45, 2.75) is 39.0 Å². The molecule has 35 heavy (non-hydrogen) atoms. The van der Waals surface area contributed by atoms with Gasteiger partial charge in [0.2, 0.25) is 5.91 Å². The molecule has 0 aliphatic rings. The van der Waals surface area contributed by atoms with Crippen LogP contribution in [-0.4, -0.2) is 35.2 Å². The Morgan fingerprint density at radius 3 is 1.91 bits per heavy atom. The van der Waals surface area contributed by atoms with Gasteiger partial charge in [-0.25, -0.2) is 9.59 Å². The van der Waals surface area contributed by atoms with Gasteiger partial charge in [-0.1, -0.05) is 98.8 Å². The van der Waals surface area contributed by atoms with Crippen LogP contribution in [0.5, 0.6) is 0 Å². The van der Waals surface area contributed by atoms with Crippen molar-refractivity contribution >= 4 is 18.0 Å². The van der Waals surface area contributed by atoms with Gasteiger partial charge in [-0.15, -0.1) is 0 Å². The molecule has 7 heteroatoms. The molecule has 0 saturated carbocycles. The van der Waals surface area contributed by atoms with Crippen molar-refractivity contribution < 1.29 is 24.2 Å². The molecular weight excluding hydrogens is 444 g/mol. The van der Waals surface area contributed by atoms with Gasteiger partial charge in [0, 0.05) is 6.42 Å². The quantitative estimate of drug-likeness (QED) is 0.404. The van der Waals surface area contributed by atoms with Crippen molar-refractivity contribution in [1.82, 2.24) is 10.6 Å². The fourth-order valence-electron chi connectivity index (χ4n) is 3.59. The molecule has 0 saturated heterocycles. The van der Waals surface area contributed by atoms with Crippen LogP contribution in [0.3, 0.4) is 0 Å². The van der Waals surface area contributed by atoms with Crippen molar-refractivity contribution in [2.75, 3.05) is 0 Å². The number of alkyl carbamates (subject to hydrolysis) is 1. The minimum Gasteiger partial charge on any atom is -0.480 e. The van der Waals surface area contributed by atoms with Gasteiger partial charge in [-0.3, -0.25) is 4.79 Å². The number of carbonyl (C=O) groups is 3. The molecule has 0 unspecified atom stereocenters. The van der Waals surface area contributed by atoms with E-state index in [4.69, 9.17) is 4.74 Å². The van der Waals surface area contributed by atoms with E-state index in [1.54, 1.807) is 13.8 Å². The Morgan fingerprint density at radius 1 is 0.771 bits per heavy atom. The molecule has 182 valence electrons. The van der Waals surface area contributed by atoms with Gasteiger partial charge in [0.1, 0.15) is 18.7 Å². The van der Waals surface area contributed by atoms with E-state index < -0.39 is 30.1 Å². The molecule has 0 radical (unpaired) electrons. The van der Waals surface area contributed by atoms with Crippen LogP contribution in [-0.2, 0) is 27.4 Å². The second kappa shape index (κ2) is 12.4. The number of carboxylic acid groups (broad SMARTS) is 1. The molecule has 0 heterocycles. The van der Waals surface area contributed by atoms with Gasteiger partial charge in [-0.05, 0) is 28.2 Å². The first-order valence-corrected chi connectivity index (χ1v) is 11.5. The summed E-state index contributed by atoms with van der Waals surface area (Å²) in [6.07, 6.45) is -0.634. The monoisotopic (exact) mass is 474 g/mol. The third-order valence-corrected chi connectivity index (χ3v) is 5.55. The molecule has 3 N–H and O–H groups in total. The van der Waals surface area contributed by atoms with Gasteiger partial charge in [0.25, 0.3) is 0 Å². The highest BCUT2D eigenvalue weighted by atomic mass is 16.5. The third-order valence-electron chi connectivity index (χ3n) is 5.55. The van der Waals surface area contributed by atoms with Gasteiger partial charge >= 0.3 is 12.1 Å². The molecule has 0 aliphatic heterocycles. The first-order chi connectivity index (χ1) is 16.8. The standard InChI is InChI=1S/C28H30N2O5/c1-19(2)25(30-28(34)35-18-21-9-5-3-6-10-21)26(31)29-24(27(32)33)17-20-13-15-23(16-14-20)22-11-7-4-8-12-22/h3-16,19,24-25H,17-18H2,1-2H3,(H,29,31)(H,30,34)(H,32,33)/t24-,25+/m1/s1. The summed E-state index contributed by atoms with van der Waals surface area (Å²) < 4.78 is 5.21. The van der Waals surface area contributed by atoms with Crippen molar-refractivity contribution in [3.8, 4) is 11.1 Å². The molecule has 3 aromatic carbocycles. The van der Waals surface area contributed by atoms with Crippen molar-refractivity contribution in [1.29, 1.82) is 0 Å². The van der Waals surface area contributed by atoms with Crippen molar-refractivity contribution in [3.05, 3.63) is 96.1 Å². The number of nitrogens with one attached hydrogen (secondary N) is 2. The number of carboxylic acids is 1. The lowest BCUT2D eigenvalue weighted by atomic mass is 9.99. The number of amides is 2. The van der Waals surface area contributed by atoms with Gasteiger partial charge in [-0.2, -0.15) is 0 Å². The van der Waals surface area contributed by atoms with E-state index in [0.717, 1.165) is 22.3 Å². The molecule has 2 amide bonds. The molecule has 0 spiro atoms. The van der Waals surface area contributed by atoms with Gasteiger partial charge in [0.15, 0.2) is 0 Å². The van der Waals surface area contributed by atoms with Crippen LogP contribution < -0.4 is 10.6 Å². The Kier molecular flexibility index (Phi) is 9.01. The highest BCUT2D eigenvalue weighted by molar-refractivity contribution is 5.89. The predicted octanol–water partition coefficient (Wildman–Crippen LogP) is 4.42. The number of carbonyl (C=O) groups excluding carboxylic acids is 2. The van der Waals surface area contributed by atoms with E-state index >= 15 is 0 Å². The van der Waals surface area contributed by atoms with Crippen LogP contribution in [0.25, 0.3) is 11.1 Å². The zero-order valence-electron chi connectivity index (χ0n) is 19.8. The molecule has 7 nitrogen and oxygen atoms in total. The summed E-state index contributed by atoms with van der Waals surface area (Å²) in [5, 5.41) is 14.8. The van der Waals surface area contributed by atoms with E-state index in [-0.39, 0.29) is 18.9 Å². The number of hydrogen-bond donors (Lipinski definition) is 3. The summed E-state index contributed by atoms with van der Waals surface area (Å²) in [4.78, 5) is 37.0. The maximum Gasteiger partial charge on any atom is 0.408 e. The van der Waals surface area contributed by atoms with Crippen LogP contribution in [0, 0.1) is 5.92 Å². The fraction of sp³-hybridized carbons (Fsp3) is 0.250. The van der Waals surface area contributed by atoms with Crippen LogP contribution in [0.4, 0.5) is 4.79 Å². The average Bonchev–Trinajstić information content (AvgIpc) is 2.87. The normalized spacial score (nSPS) is 12.4. The van der Waals surface area contributed by atoms with E-state index in [2.05, 4.69) is 10.6 Å². The van der Waals surface area contributed by atoms with Crippen molar-refractivity contribution in [3.63, 3.8) is 0 Å². The summed E-state index contributed by atoms with van der Waals surface area (Å²) in [6.45, 7) is 3.59. The van der Waals surface area contributed by atoms with Gasteiger partial charge in [0.05, 0.1) is 0 Å². The SMILES string of the molecule is CC(C)[C@H](NC(=O)OCc1ccccc1)C(=O)N[C@H](Cc1ccc(-c2ccccc2)cc1)C(=O)O. The predicted molar refractivity (Wildman–Crippen MR) is 134 cm³/mol. The Hall–Kier alpha value is -4.13. The lowest BCUT2D eigenvalue weighted by molar-refractivity contribution is -0.142. The zero-order valence-corrected chi connectivity index (χ0v) is 19.8. The van der Waals surface area contributed by atoms with Gasteiger partial charge < -0.3 is 20.5 Å². The van der Waals surface area contributed by atoms with Crippen LogP contribution in [0.15, 0.2) is 84.9 Å². The Balaban J connectivity index is 1.60. The minimum atomic E-state index is -1.15. The fourth-order valence-corrected chi connectivity index (χ4v) is 3.59. The van der Waals surface area contributed by atoms with Crippen LogP contribution in [0.2, 0.25) is 0 Å². The number of hydrogen-bond acceptors (Lipinski definition) is 4. The smallest absolute Gasteiger partial charge is 0.408 e. The lowest BCUT2D eigenvalue weighted by Gasteiger charge is -2.24. The molecule has 0 aromatic heterocycles. The first kappa shape index (κ1) is 25.5. The molecule has 2 atom stereocenters. The van der Waals surface area contributed by atoms with Crippen molar-refractivity contribution in [2.24, 2.45) is 5.92 Å². The topological polar surface area (TPSA) is 105 Å². The largest absolute Gasteiger partial charge is 0.480 e. The number of benzene rings is 3. The van der Waals surface area contributed by atoms with E-state index in [1.165, 1.54) is 0 Å². The molecule has 0 fully saturated rings. The third kappa shape index (κ3) is 7.71. The second-order valence-electron chi connectivity index (χ2n) is 8.59. The average molecular weight is 475 g/mol. The molecule has 0 aliphatic carbocycles. The first-order valence-electron chi connectivity index (χ1n) is 11.5. The highest BCUT2D eigenvalue weighted by Gasteiger charge is 2.29.